The lowest BCUT2D eigenvalue weighted by Gasteiger charge is -2.36. The molecule has 3 nitrogen and oxygen atoms in total. The summed E-state index contributed by atoms with van der Waals surface area (Å²) in [6, 6.07) is 8.52. The van der Waals surface area contributed by atoms with Crippen LogP contribution in [0.15, 0.2) is 24.3 Å². The first-order valence-corrected chi connectivity index (χ1v) is 6.45. The number of hydrogen-bond acceptors (Lipinski definition) is 3. The van der Waals surface area contributed by atoms with Crippen molar-refractivity contribution in [3.63, 3.8) is 0 Å². The first-order valence-electron chi connectivity index (χ1n) is 6.45. The largest absolute Gasteiger partial charge is 0.490 e. The topological polar surface area (TPSA) is 30.5 Å². The monoisotopic (exact) mass is 235 g/mol. The fraction of sp³-hybridized carbons (Fsp3) is 0.571. The van der Waals surface area contributed by atoms with Crippen molar-refractivity contribution in [2.45, 2.75) is 38.8 Å². The Balaban J connectivity index is 1.87. The van der Waals surface area contributed by atoms with E-state index >= 15 is 0 Å². The fourth-order valence-electron chi connectivity index (χ4n) is 2.12. The first kappa shape index (κ1) is 12.2. The maximum atomic E-state index is 5.95. The maximum Gasteiger partial charge on any atom is 0.161 e. The number of ether oxygens (including phenoxy) is 2. The summed E-state index contributed by atoms with van der Waals surface area (Å²) in [5, 5.41) is 3.43. The summed E-state index contributed by atoms with van der Waals surface area (Å²) < 4.78 is 11.5. The molecule has 0 atom stereocenters. The second-order valence-electron chi connectivity index (χ2n) is 4.35. The summed E-state index contributed by atoms with van der Waals surface area (Å²) in [6.07, 6.45) is 2.52. The van der Waals surface area contributed by atoms with Gasteiger partial charge in [0, 0.05) is 6.04 Å². The Bertz CT molecular complexity index is 348. The van der Waals surface area contributed by atoms with Crippen molar-refractivity contribution in [2.24, 2.45) is 0 Å². The molecule has 94 valence electrons. The predicted molar refractivity (Wildman–Crippen MR) is 68.7 cm³/mol. The van der Waals surface area contributed by atoms with Crippen LogP contribution in [0.2, 0.25) is 0 Å². The van der Waals surface area contributed by atoms with Crippen LogP contribution in [0.3, 0.4) is 0 Å². The number of para-hydroxylation sites is 2. The molecule has 0 unspecified atom stereocenters. The lowest BCUT2D eigenvalue weighted by molar-refractivity contribution is 0.0822. The van der Waals surface area contributed by atoms with Crippen LogP contribution in [0.1, 0.15) is 26.7 Å². The van der Waals surface area contributed by atoms with Crippen molar-refractivity contribution >= 4 is 0 Å². The van der Waals surface area contributed by atoms with Crippen molar-refractivity contribution in [2.75, 3.05) is 13.2 Å². The fourth-order valence-corrected chi connectivity index (χ4v) is 2.12. The third kappa shape index (κ3) is 3.13. The summed E-state index contributed by atoms with van der Waals surface area (Å²) in [5.41, 5.74) is 0. The van der Waals surface area contributed by atoms with Crippen LogP contribution in [0.25, 0.3) is 0 Å². The highest BCUT2D eigenvalue weighted by atomic mass is 16.5. The molecular weight excluding hydrogens is 214 g/mol. The van der Waals surface area contributed by atoms with Crippen molar-refractivity contribution < 1.29 is 9.47 Å². The molecule has 0 bridgehead atoms. The van der Waals surface area contributed by atoms with E-state index in [1.807, 2.05) is 31.2 Å². The molecule has 1 N–H and O–H groups in total. The van der Waals surface area contributed by atoms with Crippen LogP contribution >= 0.6 is 0 Å². The van der Waals surface area contributed by atoms with Gasteiger partial charge in [-0.05, 0) is 38.4 Å². The zero-order valence-electron chi connectivity index (χ0n) is 10.6. The highest BCUT2D eigenvalue weighted by Crippen LogP contribution is 2.32. The van der Waals surface area contributed by atoms with E-state index in [0.29, 0.717) is 18.8 Å². The van der Waals surface area contributed by atoms with E-state index in [1.165, 1.54) is 0 Å². The highest BCUT2D eigenvalue weighted by Gasteiger charge is 2.30. The second kappa shape index (κ2) is 5.92. The van der Waals surface area contributed by atoms with Gasteiger partial charge >= 0.3 is 0 Å². The molecule has 17 heavy (non-hydrogen) atoms. The van der Waals surface area contributed by atoms with E-state index in [4.69, 9.17) is 9.47 Å². The second-order valence-corrected chi connectivity index (χ2v) is 4.35. The minimum absolute atomic E-state index is 0.334. The molecule has 1 aromatic carbocycles. The molecule has 1 fully saturated rings. The van der Waals surface area contributed by atoms with Gasteiger partial charge in [-0.15, -0.1) is 0 Å². The van der Waals surface area contributed by atoms with Crippen molar-refractivity contribution in [3.8, 4) is 11.5 Å². The molecule has 0 saturated heterocycles. The molecular formula is C14H21NO2. The standard InChI is InChI=1S/C14H21NO2/c1-3-15-11-9-12(10-11)17-14-8-6-5-7-13(14)16-4-2/h5-8,11-12,15H,3-4,9-10H2,1-2H3. The van der Waals surface area contributed by atoms with E-state index in [2.05, 4.69) is 12.2 Å². The third-order valence-electron chi connectivity index (χ3n) is 3.03. The minimum Gasteiger partial charge on any atom is -0.490 e. The molecule has 0 spiro atoms. The molecule has 0 amide bonds. The molecule has 1 saturated carbocycles. The zero-order chi connectivity index (χ0) is 12.1. The van der Waals surface area contributed by atoms with Crippen molar-refractivity contribution in [3.05, 3.63) is 24.3 Å². The summed E-state index contributed by atoms with van der Waals surface area (Å²) >= 11 is 0. The Morgan fingerprint density at radius 1 is 1.18 bits per heavy atom. The van der Waals surface area contributed by atoms with Crippen LogP contribution in [0, 0.1) is 0 Å². The van der Waals surface area contributed by atoms with Gasteiger partial charge in [-0.1, -0.05) is 19.1 Å². The maximum absolute atomic E-state index is 5.95. The van der Waals surface area contributed by atoms with Crippen LogP contribution in [0.4, 0.5) is 0 Å². The van der Waals surface area contributed by atoms with Crippen LogP contribution in [-0.2, 0) is 0 Å². The molecule has 3 heteroatoms. The quantitative estimate of drug-likeness (QED) is 0.822. The molecule has 1 aromatic rings. The van der Waals surface area contributed by atoms with Crippen molar-refractivity contribution in [1.82, 2.24) is 5.32 Å². The Labute approximate surface area is 103 Å². The molecule has 1 aliphatic rings. The summed E-state index contributed by atoms with van der Waals surface area (Å²) in [4.78, 5) is 0. The van der Waals surface area contributed by atoms with Gasteiger partial charge in [-0.3, -0.25) is 0 Å². The van der Waals surface area contributed by atoms with Gasteiger partial charge in [0.2, 0.25) is 0 Å². The number of rotatable bonds is 6. The number of benzene rings is 1. The molecule has 0 heterocycles. The molecule has 2 rings (SSSR count). The number of hydrogen-bond donors (Lipinski definition) is 1. The first-order chi connectivity index (χ1) is 8.33. The average molecular weight is 235 g/mol. The third-order valence-corrected chi connectivity index (χ3v) is 3.03. The van der Waals surface area contributed by atoms with Crippen LogP contribution in [-0.4, -0.2) is 25.3 Å². The van der Waals surface area contributed by atoms with E-state index in [1.54, 1.807) is 0 Å². The lowest BCUT2D eigenvalue weighted by Crippen LogP contribution is -2.46. The Hall–Kier alpha value is -1.22. The number of nitrogens with one attached hydrogen (secondary N) is 1. The Morgan fingerprint density at radius 2 is 1.88 bits per heavy atom. The smallest absolute Gasteiger partial charge is 0.161 e. The van der Waals surface area contributed by atoms with Gasteiger partial charge in [0.1, 0.15) is 6.10 Å². The predicted octanol–water partition coefficient (Wildman–Crippen LogP) is 2.60. The van der Waals surface area contributed by atoms with Gasteiger partial charge in [0.15, 0.2) is 11.5 Å². The van der Waals surface area contributed by atoms with Gasteiger partial charge in [0.05, 0.1) is 6.61 Å². The summed E-state index contributed by atoms with van der Waals surface area (Å²) in [7, 11) is 0. The van der Waals surface area contributed by atoms with Crippen LogP contribution in [0.5, 0.6) is 11.5 Å². The van der Waals surface area contributed by atoms with Gasteiger partial charge in [-0.2, -0.15) is 0 Å². The minimum atomic E-state index is 0.334. The van der Waals surface area contributed by atoms with Gasteiger partial charge < -0.3 is 14.8 Å². The zero-order valence-corrected chi connectivity index (χ0v) is 10.6. The van der Waals surface area contributed by atoms with Gasteiger partial charge in [-0.25, -0.2) is 0 Å². The lowest BCUT2D eigenvalue weighted by atomic mass is 9.89. The normalized spacial score (nSPS) is 22.9. The summed E-state index contributed by atoms with van der Waals surface area (Å²) in [5.74, 6) is 1.72. The molecule has 0 aliphatic heterocycles. The Kier molecular flexibility index (Phi) is 4.26. The van der Waals surface area contributed by atoms with E-state index in [9.17, 15) is 0 Å². The average Bonchev–Trinajstić information content (AvgIpc) is 2.29. The Morgan fingerprint density at radius 3 is 2.53 bits per heavy atom. The van der Waals surface area contributed by atoms with Crippen LogP contribution < -0.4 is 14.8 Å². The van der Waals surface area contributed by atoms with E-state index in [0.717, 1.165) is 30.9 Å². The van der Waals surface area contributed by atoms with Gasteiger partial charge in [0.25, 0.3) is 0 Å². The molecule has 1 aliphatic carbocycles. The summed E-state index contributed by atoms with van der Waals surface area (Å²) in [6.45, 7) is 5.83. The van der Waals surface area contributed by atoms with Crippen molar-refractivity contribution in [1.29, 1.82) is 0 Å². The molecule has 0 aromatic heterocycles. The SMILES string of the molecule is CCNC1CC(Oc2ccccc2OCC)C1. The molecule has 0 radical (unpaired) electrons. The van der Waals surface area contributed by atoms with E-state index in [-0.39, 0.29) is 0 Å². The highest BCUT2D eigenvalue weighted by molar-refractivity contribution is 5.39. The van der Waals surface area contributed by atoms with E-state index < -0.39 is 0 Å².